The normalized spacial score (nSPS) is 10.4. The molecule has 2 rings (SSSR count). The zero-order valence-corrected chi connectivity index (χ0v) is 17.7. The minimum Gasteiger partial charge on any atom is -0.493 e. The molecule has 0 heterocycles. The van der Waals surface area contributed by atoms with Crippen molar-refractivity contribution >= 4 is 17.7 Å². The number of ketones is 1. The highest BCUT2D eigenvalue weighted by molar-refractivity contribution is 5.96. The van der Waals surface area contributed by atoms with Gasteiger partial charge < -0.3 is 19.5 Å². The topological polar surface area (TPSA) is 90.9 Å². The first-order valence-corrected chi connectivity index (χ1v) is 9.77. The van der Waals surface area contributed by atoms with Crippen molar-refractivity contribution in [2.75, 3.05) is 13.2 Å². The lowest BCUT2D eigenvalue weighted by atomic mass is 10.1. The molecule has 30 heavy (non-hydrogen) atoms. The summed E-state index contributed by atoms with van der Waals surface area (Å²) >= 11 is 0. The molecule has 0 saturated carbocycles. The van der Waals surface area contributed by atoms with Gasteiger partial charge in [0.05, 0.1) is 12.7 Å². The number of carbonyl (C=O) groups is 3. The van der Waals surface area contributed by atoms with E-state index in [9.17, 15) is 14.4 Å². The fourth-order valence-electron chi connectivity index (χ4n) is 2.63. The zero-order valence-electron chi connectivity index (χ0n) is 17.7. The van der Waals surface area contributed by atoms with Gasteiger partial charge in [-0.2, -0.15) is 0 Å². The lowest BCUT2D eigenvalue weighted by molar-refractivity contribution is -0.143. The summed E-state index contributed by atoms with van der Waals surface area (Å²) < 4.78 is 16.3. The summed E-state index contributed by atoms with van der Waals surface area (Å²) in [6.45, 7) is 7.23. The number of rotatable bonds is 10. The molecule has 1 amide bonds. The predicted octanol–water partition coefficient (Wildman–Crippen LogP) is 3.55. The second kappa shape index (κ2) is 11.0. The van der Waals surface area contributed by atoms with Crippen LogP contribution < -0.4 is 14.8 Å². The first-order chi connectivity index (χ1) is 14.3. The molecule has 0 atom stereocenters. The smallest absolute Gasteiger partial charge is 0.325 e. The fraction of sp³-hybridized carbons (Fsp3) is 0.348. The van der Waals surface area contributed by atoms with Crippen LogP contribution in [0.25, 0.3) is 0 Å². The summed E-state index contributed by atoms with van der Waals surface area (Å²) in [5, 5.41) is 2.52. The lowest BCUT2D eigenvalue weighted by Gasteiger charge is -2.12. The van der Waals surface area contributed by atoms with Crippen molar-refractivity contribution in [1.29, 1.82) is 0 Å². The Morgan fingerprint density at radius 2 is 1.67 bits per heavy atom. The molecule has 0 spiro atoms. The van der Waals surface area contributed by atoms with Gasteiger partial charge in [0.1, 0.15) is 24.7 Å². The van der Waals surface area contributed by atoms with E-state index in [1.54, 1.807) is 42.5 Å². The molecule has 0 bridgehead atoms. The van der Waals surface area contributed by atoms with Crippen LogP contribution in [0.15, 0.2) is 42.5 Å². The highest BCUT2D eigenvalue weighted by Crippen LogP contribution is 2.22. The number of hydrogen-bond donors (Lipinski definition) is 1. The van der Waals surface area contributed by atoms with Crippen LogP contribution >= 0.6 is 0 Å². The summed E-state index contributed by atoms with van der Waals surface area (Å²) in [5.74, 6) is 0.125. The highest BCUT2D eigenvalue weighted by atomic mass is 16.5. The van der Waals surface area contributed by atoms with E-state index >= 15 is 0 Å². The molecule has 0 radical (unpaired) electrons. The van der Waals surface area contributed by atoms with Crippen LogP contribution in [0.1, 0.15) is 54.0 Å². The number of nitrogens with one attached hydrogen (secondary N) is 1. The molecular weight excluding hydrogens is 386 g/mol. The Kier molecular flexibility index (Phi) is 8.41. The Morgan fingerprint density at radius 1 is 1.00 bits per heavy atom. The molecule has 0 saturated heterocycles. The quantitative estimate of drug-likeness (QED) is 0.473. The fourth-order valence-corrected chi connectivity index (χ4v) is 2.63. The van der Waals surface area contributed by atoms with Crippen LogP contribution in [0.2, 0.25) is 0 Å². The average molecular weight is 413 g/mol. The van der Waals surface area contributed by atoms with Gasteiger partial charge in [0.2, 0.25) is 0 Å². The summed E-state index contributed by atoms with van der Waals surface area (Å²) in [7, 11) is 0. The Bertz CT molecular complexity index is 889. The maximum atomic E-state index is 12.2. The highest BCUT2D eigenvalue weighted by Gasteiger charge is 2.13. The molecule has 0 aliphatic rings. The number of Topliss-reactive ketones (excluding diaryl/α,β-unsaturated/α-hetero) is 1. The van der Waals surface area contributed by atoms with Crippen LogP contribution in [0.4, 0.5) is 0 Å². The largest absolute Gasteiger partial charge is 0.493 e. The van der Waals surface area contributed by atoms with Gasteiger partial charge >= 0.3 is 5.97 Å². The molecule has 0 aliphatic heterocycles. The van der Waals surface area contributed by atoms with Crippen LogP contribution in [0.3, 0.4) is 0 Å². The first-order valence-electron chi connectivity index (χ1n) is 9.77. The molecule has 0 aliphatic carbocycles. The van der Waals surface area contributed by atoms with Crippen LogP contribution in [-0.4, -0.2) is 36.9 Å². The van der Waals surface area contributed by atoms with Gasteiger partial charge in [-0.05, 0) is 70.2 Å². The number of benzene rings is 2. The van der Waals surface area contributed by atoms with Crippen molar-refractivity contribution in [3.63, 3.8) is 0 Å². The van der Waals surface area contributed by atoms with E-state index in [-0.39, 0.29) is 25.0 Å². The summed E-state index contributed by atoms with van der Waals surface area (Å²) in [6, 6.07) is 11.6. The minimum atomic E-state index is -0.598. The third-order valence-electron chi connectivity index (χ3n) is 4.04. The van der Waals surface area contributed by atoms with Crippen LogP contribution in [0, 0.1) is 0 Å². The van der Waals surface area contributed by atoms with Crippen LogP contribution in [0.5, 0.6) is 11.5 Å². The molecule has 2 aromatic rings. The standard InChI is InChI=1S/C23H27NO6/c1-5-28-21-11-8-18(16(4)25)12-19(21)14-29-22(26)13-24-23(27)17-6-9-20(10-7-17)30-15(2)3/h6-12,15H,5,13-14H2,1-4H3,(H,24,27). The number of amides is 1. The SMILES string of the molecule is CCOc1ccc(C(C)=O)cc1COC(=O)CNC(=O)c1ccc(OC(C)C)cc1. The molecule has 1 N–H and O–H groups in total. The van der Waals surface area contributed by atoms with Crippen molar-refractivity contribution in [3.8, 4) is 11.5 Å². The van der Waals surface area contributed by atoms with E-state index < -0.39 is 11.9 Å². The molecule has 0 unspecified atom stereocenters. The second-order valence-electron chi connectivity index (χ2n) is 6.85. The van der Waals surface area contributed by atoms with Crippen molar-refractivity contribution in [2.45, 2.75) is 40.4 Å². The van der Waals surface area contributed by atoms with Gasteiger partial charge in [0.15, 0.2) is 5.78 Å². The monoisotopic (exact) mass is 413 g/mol. The summed E-state index contributed by atoms with van der Waals surface area (Å²) in [5.41, 5.74) is 1.50. The van der Waals surface area contributed by atoms with E-state index in [0.29, 0.717) is 34.8 Å². The number of ether oxygens (including phenoxy) is 3. The Morgan fingerprint density at radius 3 is 2.27 bits per heavy atom. The van der Waals surface area contributed by atoms with Gasteiger partial charge in [-0.1, -0.05) is 0 Å². The van der Waals surface area contributed by atoms with E-state index in [1.807, 2.05) is 20.8 Å². The lowest BCUT2D eigenvalue weighted by Crippen LogP contribution is -2.30. The van der Waals surface area contributed by atoms with E-state index in [2.05, 4.69) is 5.32 Å². The van der Waals surface area contributed by atoms with Gasteiger partial charge in [-0.25, -0.2) is 0 Å². The zero-order chi connectivity index (χ0) is 22.1. The summed E-state index contributed by atoms with van der Waals surface area (Å²) in [4.78, 5) is 35.8. The molecule has 0 fully saturated rings. The van der Waals surface area contributed by atoms with Crippen molar-refractivity contribution < 1.29 is 28.6 Å². The molecule has 0 aromatic heterocycles. The Labute approximate surface area is 176 Å². The summed E-state index contributed by atoms with van der Waals surface area (Å²) in [6.07, 6.45) is 0.0406. The van der Waals surface area contributed by atoms with Crippen molar-refractivity contribution in [2.24, 2.45) is 0 Å². The number of hydrogen-bond acceptors (Lipinski definition) is 6. The number of carbonyl (C=O) groups excluding carboxylic acids is 3. The molecular formula is C23H27NO6. The van der Waals surface area contributed by atoms with Gasteiger partial charge in [-0.3, -0.25) is 14.4 Å². The van der Waals surface area contributed by atoms with Crippen molar-refractivity contribution in [1.82, 2.24) is 5.32 Å². The van der Waals surface area contributed by atoms with Gasteiger partial charge in [0.25, 0.3) is 5.91 Å². The van der Waals surface area contributed by atoms with Gasteiger partial charge in [0, 0.05) is 16.7 Å². The maximum Gasteiger partial charge on any atom is 0.325 e. The van der Waals surface area contributed by atoms with Gasteiger partial charge in [-0.15, -0.1) is 0 Å². The number of esters is 1. The maximum absolute atomic E-state index is 12.2. The van der Waals surface area contributed by atoms with E-state index in [0.717, 1.165) is 0 Å². The predicted molar refractivity (Wildman–Crippen MR) is 112 cm³/mol. The van der Waals surface area contributed by atoms with E-state index in [1.165, 1.54) is 6.92 Å². The Hall–Kier alpha value is -3.35. The molecule has 160 valence electrons. The Balaban J connectivity index is 1.89. The average Bonchev–Trinajstić information content (AvgIpc) is 2.71. The van der Waals surface area contributed by atoms with Crippen molar-refractivity contribution in [3.05, 3.63) is 59.2 Å². The molecule has 2 aromatic carbocycles. The third kappa shape index (κ3) is 6.92. The second-order valence-corrected chi connectivity index (χ2v) is 6.85. The van der Waals surface area contributed by atoms with E-state index in [4.69, 9.17) is 14.2 Å². The first kappa shape index (κ1) is 22.9. The molecule has 7 nitrogen and oxygen atoms in total. The third-order valence-corrected chi connectivity index (χ3v) is 4.04. The minimum absolute atomic E-state index is 0.0406. The van der Waals surface area contributed by atoms with Crippen LogP contribution in [-0.2, 0) is 16.1 Å². The molecule has 7 heteroatoms.